The van der Waals surface area contributed by atoms with Crippen LogP contribution in [0.25, 0.3) is 0 Å². The summed E-state index contributed by atoms with van der Waals surface area (Å²) in [4.78, 5) is 28.7. The molecule has 0 aromatic heterocycles. The first kappa shape index (κ1) is 19.5. The van der Waals surface area contributed by atoms with Crippen molar-refractivity contribution in [2.24, 2.45) is 17.6 Å². The maximum absolute atomic E-state index is 12.4. The molecule has 2 aliphatic heterocycles. The second-order valence-electron chi connectivity index (χ2n) is 7.68. The fourth-order valence-electron chi connectivity index (χ4n) is 4.40. The Morgan fingerprint density at radius 3 is 1.96 bits per heavy atom. The monoisotopic (exact) mass is 357 g/mol. The molecule has 0 unspecified atom stereocenters. The number of nitrogens with two attached hydrogens (primary N) is 1. The van der Waals surface area contributed by atoms with Crippen LogP contribution in [-0.2, 0) is 9.59 Å². The molecule has 1 aliphatic carbocycles. The first-order valence-electron chi connectivity index (χ1n) is 9.44. The van der Waals surface area contributed by atoms with E-state index in [-0.39, 0.29) is 24.4 Å². The SMILES string of the molecule is Cl.N[C@@H]1CCC[C@H]1CC(=O)N1CCC(CC(=O)N2CCCC2)CC1. The van der Waals surface area contributed by atoms with Gasteiger partial charge in [0.25, 0.3) is 0 Å². The lowest BCUT2D eigenvalue weighted by molar-refractivity contribution is -0.134. The van der Waals surface area contributed by atoms with E-state index in [1.54, 1.807) is 0 Å². The third-order valence-corrected chi connectivity index (χ3v) is 6.04. The van der Waals surface area contributed by atoms with Crippen molar-refractivity contribution >= 4 is 24.2 Å². The molecule has 5 nitrogen and oxygen atoms in total. The summed E-state index contributed by atoms with van der Waals surface area (Å²) >= 11 is 0. The molecule has 0 bridgehead atoms. The number of likely N-dealkylation sites (tertiary alicyclic amines) is 2. The molecule has 0 aromatic carbocycles. The molecule has 0 spiro atoms. The first-order valence-corrected chi connectivity index (χ1v) is 9.44. The van der Waals surface area contributed by atoms with Crippen LogP contribution in [0.4, 0.5) is 0 Å². The summed E-state index contributed by atoms with van der Waals surface area (Å²) in [5.41, 5.74) is 6.08. The van der Waals surface area contributed by atoms with E-state index in [2.05, 4.69) is 0 Å². The molecule has 3 fully saturated rings. The maximum atomic E-state index is 12.4. The highest BCUT2D eigenvalue weighted by molar-refractivity contribution is 5.85. The zero-order valence-corrected chi connectivity index (χ0v) is 15.4. The van der Waals surface area contributed by atoms with E-state index in [1.165, 1.54) is 6.42 Å². The number of piperidine rings is 1. The zero-order valence-electron chi connectivity index (χ0n) is 14.6. The molecule has 6 heteroatoms. The second kappa shape index (κ2) is 9.04. The first-order chi connectivity index (χ1) is 11.1. The van der Waals surface area contributed by atoms with Crippen LogP contribution in [0.5, 0.6) is 0 Å². The zero-order chi connectivity index (χ0) is 16.2. The third kappa shape index (κ3) is 4.85. The van der Waals surface area contributed by atoms with Crippen LogP contribution in [0.2, 0.25) is 0 Å². The Labute approximate surface area is 151 Å². The van der Waals surface area contributed by atoms with E-state index in [4.69, 9.17) is 5.73 Å². The minimum atomic E-state index is 0. The van der Waals surface area contributed by atoms with Gasteiger partial charge in [-0.1, -0.05) is 6.42 Å². The molecule has 0 aromatic rings. The Hall–Kier alpha value is -0.810. The van der Waals surface area contributed by atoms with Gasteiger partial charge in [-0.05, 0) is 50.4 Å². The molecule has 0 radical (unpaired) electrons. The van der Waals surface area contributed by atoms with E-state index in [9.17, 15) is 9.59 Å². The molecule has 3 rings (SSSR count). The lowest BCUT2D eigenvalue weighted by atomic mass is 9.92. The third-order valence-electron chi connectivity index (χ3n) is 6.04. The van der Waals surface area contributed by atoms with Gasteiger partial charge in [-0.25, -0.2) is 0 Å². The normalized spacial score (nSPS) is 28.0. The number of rotatable bonds is 4. The van der Waals surface area contributed by atoms with E-state index in [0.717, 1.165) is 64.7 Å². The van der Waals surface area contributed by atoms with Gasteiger partial charge in [-0.3, -0.25) is 9.59 Å². The van der Waals surface area contributed by atoms with E-state index >= 15 is 0 Å². The van der Waals surface area contributed by atoms with Crippen molar-refractivity contribution in [3.63, 3.8) is 0 Å². The van der Waals surface area contributed by atoms with Gasteiger partial charge in [-0.15, -0.1) is 12.4 Å². The van der Waals surface area contributed by atoms with Gasteiger partial charge in [0.1, 0.15) is 0 Å². The van der Waals surface area contributed by atoms with Crippen LogP contribution in [0.15, 0.2) is 0 Å². The largest absolute Gasteiger partial charge is 0.343 e. The van der Waals surface area contributed by atoms with E-state index in [0.29, 0.717) is 30.6 Å². The number of nitrogens with zero attached hydrogens (tertiary/aromatic N) is 2. The molecule has 2 saturated heterocycles. The number of carbonyl (C=O) groups is 2. The van der Waals surface area contributed by atoms with Gasteiger partial charge in [-0.2, -0.15) is 0 Å². The highest BCUT2D eigenvalue weighted by atomic mass is 35.5. The fraction of sp³-hybridized carbons (Fsp3) is 0.889. The van der Waals surface area contributed by atoms with Crippen LogP contribution in [0, 0.1) is 11.8 Å². The standard InChI is InChI=1S/C18H31N3O2.ClH/c19-16-5-3-4-15(16)13-18(23)21-10-6-14(7-11-21)12-17(22)20-8-1-2-9-20;/h14-16H,1-13,19H2;1H/t15-,16+;/m0./s1. The summed E-state index contributed by atoms with van der Waals surface area (Å²) in [6.45, 7) is 3.52. The lowest BCUT2D eigenvalue weighted by Crippen LogP contribution is -2.41. The number of amides is 2. The quantitative estimate of drug-likeness (QED) is 0.838. The number of carbonyl (C=O) groups excluding carboxylic acids is 2. The molecule has 1 saturated carbocycles. The summed E-state index contributed by atoms with van der Waals surface area (Å²) in [5.74, 6) is 1.44. The van der Waals surface area contributed by atoms with Gasteiger partial charge >= 0.3 is 0 Å². The van der Waals surface area contributed by atoms with Crippen molar-refractivity contribution in [3.8, 4) is 0 Å². The van der Waals surface area contributed by atoms with Gasteiger partial charge < -0.3 is 15.5 Å². The van der Waals surface area contributed by atoms with Gasteiger partial charge in [0.05, 0.1) is 0 Å². The smallest absolute Gasteiger partial charge is 0.222 e. The van der Waals surface area contributed by atoms with E-state index in [1.807, 2.05) is 9.80 Å². The summed E-state index contributed by atoms with van der Waals surface area (Å²) < 4.78 is 0. The summed E-state index contributed by atoms with van der Waals surface area (Å²) in [6.07, 6.45) is 8.90. The average Bonchev–Trinajstić information content (AvgIpc) is 3.20. The van der Waals surface area contributed by atoms with Crippen LogP contribution in [0.1, 0.15) is 57.8 Å². The number of hydrogen-bond donors (Lipinski definition) is 1. The number of hydrogen-bond acceptors (Lipinski definition) is 3. The van der Waals surface area contributed by atoms with Gasteiger partial charge in [0.15, 0.2) is 0 Å². The molecular formula is C18H32ClN3O2. The Kier molecular flexibility index (Phi) is 7.35. The van der Waals surface area contributed by atoms with Crippen LogP contribution >= 0.6 is 12.4 Å². The summed E-state index contributed by atoms with van der Waals surface area (Å²) in [6, 6.07) is 0.217. The maximum Gasteiger partial charge on any atom is 0.222 e. The topological polar surface area (TPSA) is 66.6 Å². The van der Waals surface area contributed by atoms with Crippen molar-refractivity contribution in [2.45, 2.75) is 63.8 Å². The highest BCUT2D eigenvalue weighted by Gasteiger charge is 2.30. The molecule has 3 aliphatic rings. The Balaban J connectivity index is 0.00000208. The highest BCUT2D eigenvalue weighted by Crippen LogP contribution is 2.29. The summed E-state index contributed by atoms with van der Waals surface area (Å²) in [5, 5.41) is 0. The van der Waals surface area contributed by atoms with Gasteiger partial charge in [0, 0.05) is 45.1 Å². The predicted molar refractivity (Wildman–Crippen MR) is 96.9 cm³/mol. The van der Waals surface area contributed by atoms with Crippen molar-refractivity contribution < 1.29 is 9.59 Å². The van der Waals surface area contributed by atoms with Crippen molar-refractivity contribution in [2.75, 3.05) is 26.2 Å². The molecule has 2 N–H and O–H groups in total. The van der Waals surface area contributed by atoms with Gasteiger partial charge in [0.2, 0.25) is 11.8 Å². The second-order valence-corrected chi connectivity index (χ2v) is 7.68. The Bertz CT molecular complexity index is 432. The molecular weight excluding hydrogens is 326 g/mol. The molecule has 138 valence electrons. The lowest BCUT2D eigenvalue weighted by Gasteiger charge is -2.33. The molecule has 24 heavy (non-hydrogen) atoms. The minimum absolute atomic E-state index is 0. The van der Waals surface area contributed by atoms with Crippen molar-refractivity contribution in [1.29, 1.82) is 0 Å². The molecule has 2 atom stereocenters. The van der Waals surface area contributed by atoms with Crippen LogP contribution in [0.3, 0.4) is 0 Å². The van der Waals surface area contributed by atoms with Crippen LogP contribution < -0.4 is 5.73 Å². The predicted octanol–water partition coefficient (Wildman–Crippen LogP) is 2.18. The molecule has 2 amide bonds. The fourth-order valence-corrected chi connectivity index (χ4v) is 4.40. The van der Waals surface area contributed by atoms with Crippen molar-refractivity contribution in [3.05, 3.63) is 0 Å². The Morgan fingerprint density at radius 2 is 1.38 bits per heavy atom. The average molecular weight is 358 g/mol. The van der Waals surface area contributed by atoms with Crippen molar-refractivity contribution in [1.82, 2.24) is 9.80 Å². The van der Waals surface area contributed by atoms with E-state index < -0.39 is 0 Å². The van der Waals surface area contributed by atoms with Crippen LogP contribution in [-0.4, -0.2) is 53.8 Å². The summed E-state index contributed by atoms with van der Waals surface area (Å²) in [7, 11) is 0. The Morgan fingerprint density at radius 1 is 0.792 bits per heavy atom. The molecule has 2 heterocycles. The minimum Gasteiger partial charge on any atom is -0.343 e. The number of halogens is 1.